The molecule has 1 N–H and O–H groups in total. The summed E-state index contributed by atoms with van der Waals surface area (Å²) in [6.07, 6.45) is 9.61. The van der Waals surface area contributed by atoms with Gasteiger partial charge in [-0.15, -0.1) is 0 Å². The highest BCUT2D eigenvalue weighted by Gasteiger charge is 2.16. The number of hydrogen-bond donors (Lipinski definition) is 1. The smallest absolute Gasteiger partial charge is 0.274 e. The van der Waals surface area contributed by atoms with Gasteiger partial charge in [0.25, 0.3) is 5.56 Å². The van der Waals surface area contributed by atoms with E-state index < -0.39 is 0 Å². The van der Waals surface area contributed by atoms with Crippen molar-refractivity contribution in [2.45, 2.75) is 57.9 Å². The van der Waals surface area contributed by atoms with Gasteiger partial charge in [0.1, 0.15) is 0 Å². The highest BCUT2D eigenvalue weighted by Crippen LogP contribution is 2.19. The van der Waals surface area contributed by atoms with Gasteiger partial charge in [-0.3, -0.25) is 4.79 Å². The van der Waals surface area contributed by atoms with Gasteiger partial charge in [0, 0.05) is 23.2 Å². The Bertz CT molecular complexity index is 671. The molecule has 1 aliphatic rings. The van der Waals surface area contributed by atoms with Gasteiger partial charge in [-0.1, -0.05) is 32.6 Å². The predicted molar refractivity (Wildman–Crippen MR) is 86.2 cm³/mol. The molecule has 112 valence electrons. The number of nitrogens with one attached hydrogen (secondary N) is 1. The number of nitrogens with zero attached hydrogens (tertiary/aromatic N) is 2. The van der Waals surface area contributed by atoms with Crippen LogP contribution in [0.15, 0.2) is 29.2 Å². The molecule has 0 saturated heterocycles. The Kier molecular flexibility index (Phi) is 4.23. The summed E-state index contributed by atoms with van der Waals surface area (Å²) >= 11 is 0. The molecular formula is C17H23N3O. The van der Waals surface area contributed by atoms with Crippen LogP contribution in [0, 0.1) is 0 Å². The highest BCUT2D eigenvalue weighted by atomic mass is 16.1. The second-order valence-electron chi connectivity index (χ2n) is 5.94. The molecule has 0 radical (unpaired) electrons. The third-order valence-electron chi connectivity index (χ3n) is 4.27. The van der Waals surface area contributed by atoms with Crippen molar-refractivity contribution in [3.05, 3.63) is 40.3 Å². The predicted octanol–water partition coefficient (Wildman–Crippen LogP) is 3.23. The van der Waals surface area contributed by atoms with Crippen molar-refractivity contribution in [3.8, 4) is 0 Å². The largest absolute Gasteiger partial charge is 0.318 e. The van der Waals surface area contributed by atoms with E-state index in [9.17, 15) is 4.79 Å². The van der Waals surface area contributed by atoms with Crippen LogP contribution in [0.5, 0.6) is 0 Å². The number of pyridine rings is 2. The first-order chi connectivity index (χ1) is 10.3. The fourth-order valence-corrected chi connectivity index (χ4v) is 3.18. The molecular weight excluding hydrogens is 262 g/mol. The number of rotatable bonds is 4. The van der Waals surface area contributed by atoms with Crippen LogP contribution >= 0.6 is 0 Å². The molecule has 2 aromatic rings. The molecule has 4 heteroatoms. The van der Waals surface area contributed by atoms with Crippen molar-refractivity contribution in [2.24, 2.45) is 0 Å². The minimum atomic E-state index is 0.0635. The van der Waals surface area contributed by atoms with E-state index in [1.54, 1.807) is 10.9 Å². The molecule has 2 aromatic heterocycles. The zero-order valence-corrected chi connectivity index (χ0v) is 12.6. The fraction of sp³-hybridized carbons (Fsp3) is 0.529. The summed E-state index contributed by atoms with van der Waals surface area (Å²) in [7, 11) is 0. The Morgan fingerprint density at radius 2 is 2.14 bits per heavy atom. The van der Waals surface area contributed by atoms with Crippen LogP contribution in [0.3, 0.4) is 0 Å². The summed E-state index contributed by atoms with van der Waals surface area (Å²) in [5.74, 6) is 0. The fourth-order valence-electron chi connectivity index (χ4n) is 3.18. The molecule has 1 aliphatic carbocycles. The Balaban J connectivity index is 2.04. The summed E-state index contributed by atoms with van der Waals surface area (Å²) in [6, 6.07) is 6.33. The second kappa shape index (κ2) is 6.29. The average Bonchev–Trinajstić information content (AvgIpc) is 2.52. The third-order valence-corrected chi connectivity index (χ3v) is 4.27. The number of hydrogen-bond acceptors (Lipinski definition) is 3. The summed E-state index contributed by atoms with van der Waals surface area (Å²) < 4.78 is 1.69. The Morgan fingerprint density at radius 3 is 2.90 bits per heavy atom. The molecule has 2 heterocycles. The number of fused-ring (bicyclic) bond motifs is 1. The lowest BCUT2D eigenvalue weighted by Gasteiger charge is -2.25. The maximum atomic E-state index is 12.7. The summed E-state index contributed by atoms with van der Waals surface area (Å²) in [4.78, 5) is 17.1. The Morgan fingerprint density at radius 1 is 1.33 bits per heavy atom. The number of aryl methyl sites for hydroxylation is 1. The van der Waals surface area contributed by atoms with Crippen molar-refractivity contribution in [1.82, 2.24) is 9.66 Å². The average molecular weight is 285 g/mol. The van der Waals surface area contributed by atoms with Crippen molar-refractivity contribution < 1.29 is 0 Å². The minimum Gasteiger partial charge on any atom is -0.318 e. The lowest BCUT2D eigenvalue weighted by Crippen LogP contribution is -2.38. The Hall–Kier alpha value is -1.84. The van der Waals surface area contributed by atoms with Crippen molar-refractivity contribution >= 4 is 11.0 Å². The molecule has 0 aromatic carbocycles. The lowest BCUT2D eigenvalue weighted by atomic mass is 9.96. The van der Waals surface area contributed by atoms with Crippen molar-refractivity contribution in [3.63, 3.8) is 0 Å². The summed E-state index contributed by atoms with van der Waals surface area (Å²) in [6.45, 7) is 2.10. The van der Waals surface area contributed by atoms with Gasteiger partial charge in [0.05, 0.1) is 0 Å². The first kappa shape index (κ1) is 14.1. The van der Waals surface area contributed by atoms with Gasteiger partial charge in [0.2, 0.25) is 0 Å². The van der Waals surface area contributed by atoms with Gasteiger partial charge >= 0.3 is 0 Å². The molecule has 0 unspecified atom stereocenters. The van der Waals surface area contributed by atoms with Crippen LogP contribution in [0.2, 0.25) is 0 Å². The van der Waals surface area contributed by atoms with Crippen LogP contribution in [0.25, 0.3) is 11.0 Å². The van der Waals surface area contributed by atoms with Crippen LogP contribution in [-0.2, 0) is 6.42 Å². The van der Waals surface area contributed by atoms with Gasteiger partial charge in [-0.05, 0) is 37.5 Å². The van der Waals surface area contributed by atoms with Crippen LogP contribution < -0.4 is 11.0 Å². The van der Waals surface area contributed by atoms with E-state index >= 15 is 0 Å². The van der Waals surface area contributed by atoms with E-state index in [-0.39, 0.29) is 5.56 Å². The molecule has 0 bridgehead atoms. The van der Waals surface area contributed by atoms with Gasteiger partial charge < -0.3 is 5.43 Å². The molecule has 1 fully saturated rings. The second-order valence-corrected chi connectivity index (χ2v) is 5.94. The van der Waals surface area contributed by atoms with Gasteiger partial charge in [0.15, 0.2) is 5.65 Å². The quantitative estimate of drug-likeness (QED) is 0.938. The zero-order chi connectivity index (χ0) is 14.7. The first-order valence-electron chi connectivity index (χ1n) is 8.06. The molecule has 0 aliphatic heterocycles. The number of aromatic nitrogens is 2. The standard InChI is InChI=1S/C17H23N3O/c1-2-7-14-12-13-8-6-11-18-16(13)20(17(14)21)19-15-9-4-3-5-10-15/h6,8,11-12,15,19H,2-5,7,9-10H2,1H3. The van der Waals surface area contributed by atoms with Crippen LogP contribution in [-0.4, -0.2) is 15.7 Å². The monoisotopic (exact) mass is 285 g/mol. The zero-order valence-electron chi connectivity index (χ0n) is 12.6. The molecule has 21 heavy (non-hydrogen) atoms. The van der Waals surface area contributed by atoms with Gasteiger partial charge in [-0.2, -0.15) is 0 Å². The van der Waals surface area contributed by atoms with Crippen molar-refractivity contribution in [1.29, 1.82) is 0 Å². The molecule has 0 amide bonds. The van der Waals surface area contributed by atoms with E-state index in [2.05, 4.69) is 17.3 Å². The van der Waals surface area contributed by atoms with Crippen LogP contribution in [0.1, 0.15) is 51.0 Å². The Labute approximate surface area is 125 Å². The van der Waals surface area contributed by atoms with Crippen molar-refractivity contribution in [2.75, 3.05) is 5.43 Å². The summed E-state index contributed by atoms with van der Waals surface area (Å²) in [5, 5.41) is 1.03. The molecule has 1 saturated carbocycles. The van der Waals surface area contributed by atoms with E-state index in [1.165, 1.54) is 19.3 Å². The SMILES string of the molecule is CCCc1cc2cccnc2n(NC2CCCCC2)c1=O. The molecule has 0 spiro atoms. The maximum Gasteiger partial charge on any atom is 0.274 e. The maximum absolute atomic E-state index is 12.7. The normalized spacial score (nSPS) is 16.2. The van der Waals surface area contributed by atoms with E-state index in [0.29, 0.717) is 6.04 Å². The third kappa shape index (κ3) is 2.94. The van der Waals surface area contributed by atoms with E-state index in [0.717, 1.165) is 42.3 Å². The van der Waals surface area contributed by atoms with Gasteiger partial charge in [-0.25, -0.2) is 9.66 Å². The first-order valence-corrected chi connectivity index (χ1v) is 8.06. The lowest BCUT2D eigenvalue weighted by molar-refractivity contribution is 0.437. The van der Waals surface area contributed by atoms with E-state index in [4.69, 9.17) is 0 Å². The minimum absolute atomic E-state index is 0.0635. The molecule has 0 atom stereocenters. The van der Waals surface area contributed by atoms with Crippen LogP contribution in [0.4, 0.5) is 0 Å². The molecule has 3 rings (SSSR count). The summed E-state index contributed by atoms with van der Waals surface area (Å²) in [5.41, 5.74) is 5.12. The molecule has 4 nitrogen and oxygen atoms in total. The highest BCUT2D eigenvalue weighted by molar-refractivity contribution is 5.75. The topological polar surface area (TPSA) is 46.9 Å². The van der Waals surface area contributed by atoms with E-state index in [1.807, 2.05) is 18.2 Å².